The lowest BCUT2D eigenvalue weighted by Crippen LogP contribution is -2.48. The van der Waals surface area contributed by atoms with E-state index >= 15 is 0 Å². The van der Waals surface area contributed by atoms with E-state index in [1.807, 2.05) is 5.32 Å². The fraction of sp³-hybridized carbons (Fsp3) is 0.562. The molecule has 1 fully saturated rings. The van der Waals surface area contributed by atoms with Crippen LogP contribution in [0.5, 0.6) is 0 Å². The number of benzene rings is 1. The molecule has 0 saturated heterocycles. The first kappa shape index (κ1) is 18.8. The Balaban J connectivity index is 2.32. The maximum absolute atomic E-state index is 12.5. The quantitative estimate of drug-likeness (QED) is 0.895. The van der Waals surface area contributed by atoms with E-state index < -0.39 is 33.9 Å². The molecule has 1 amide bonds. The first-order valence-corrected chi connectivity index (χ1v) is 9.59. The Morgan fingerprint density at radius 2 is 1.67 bits per heavy atom. The maximum Gasteiger partial charge on any atom is 0.405 e. The Labute approximate surface area is 139 Å². The van der Waals surface area contributed by atoms with Gasteiger partial charge in [-0.15, -0.1) is 0 Å². The molecule has 1 aliphatic carbocycles. The van der Waals surface area contributed by atoms with Gasteiger partial charge < -0.3 is 5.32 Å². The third-order valence-corrected chi connectivity index (χ3v) is 5.55. The molecular weight excluding hydrogens is 343 g/mol. The molecule has 1 aromatic rings. The van der Waals surface area contributed by atoms with Gasteiger partial charge in [0.25, 0.3) is 0 Å². The Kier molecular flexibility index (Phi) is 5.27. The van der Waals surface area contributed by atoms with Crippen molar-refractivity contribution < 1.29 is 26.4 Å². The van der Waals surface area contributed by atoms with Gasteiger partial charge in [0.1, 0.15) is 6.54 Å². The lowest BCUT2D eigenvalue weighted by molar-refractivity contribution is -0.142. The Morgan fingerprint density at radius 1 is 1.12 bits per heavy atom. The van der Waals surface area contributed by atoms with Crippen LogP contribution >= 0.6 is 0 Å². The fourth-order valence-corrected chi connectivity index (χ4v) is 3.80. The van der Waals surface area contributed by atoms with Crippen LogP contribution in [0, 0.1) is 0 Å². The standard InChI is InChI=1S/C16H20F3NO3S/c1-24(22,23)13-7-5-12(6-8-13)15(9-3-2-4-10-15)14(21)20-11-16(17,18)19/h5-8H,2-4,9-11H2,1H3,(H,20,21). The number of alkyl halides is 3. The number of hydrogen-bond acceptors (Lipinski definition) is 3. The van der Waals surface area contributed by atoms with Crippen molar-refractivity contribution in [2.45, 2.75) is 48.6 Å². The number of carbonyl (C=O) groups excluding carboxylic acids is 1. The van der Waals surface area contributed by atoms with Gasteiger partial charge >= 0.3 is 6.18 Å². The van der Waals surface area contributed by atoms with E-state index in [9.17, 15) is 26.4 Å². The molecule has 0 unspecified atom stereocenters. The van der Waals surface area contributed by atoms with Gasteiger partial charge in [-0.2, -0.15) is 13.2 Å². The monoisotopic (exact) mass is 363 g/mol. The van der Waals surface area contributed by atoms with Gasteiger partial charge in [0, 0.05) is 6.26 Å². The lowest BCUT2D eigenvalue weighted by atomic mass is 9.68. The first-order valence-electron chi connectivity index (χ1n) is 7.70. The van der Waals surface area contributed by atoms with E-state index in [0.717, 1.165) is 25.5 Å². The zero-order valence-corrected chi connectivity index (χ0v) is 14.1. The zero-order valence-electron chi connectivity index (χ0n) is 13.3. The van der Waals surface area contributed by atoms with Gasteiger partial charge in [0.05, 0.1) is 10.3 Å². The summed E-state index contributed by atoms with van der Waals surface area (Å²) in [5, 5.41) is 1.99. The van der Waals surface area contributed by atoms with E-state index in [1.165, 1.54) is 24.3 Å². The minimum Gasteiger partial charge on any atom is -0.346 e. The highest BCUT2D eigenvalue weighted by atomic mass is 32.2. The second-order valence-corrected chi connectivity index (χ2v) is 8.25. The van der Waals surface area contributed by atoms with Crippen LogP contribution in [0.25, 0.3) is 0 Å². The minimum atomic E-state index is -4.47. The topological polar surface area (TPSA) is 63.2 Å². The number of hydrogen-bond donors (Lipinski definition) is 1. The van der Waals surface area contributed by atoms with E-state index in [-0.39, 0.29) is 4.90 Å². The molecule has 24 heavy (non-hydrogen) atoms. The molecule has 0 aliphatic heterocycles. The van der Waals surface area contributed by atoms with Crippen LogP contribution in [0.1, 0.15) is 37.7 Å². The number of halogens is 3. The van der Waals surface area contributed by atoms with Crippen LogP contribution in [-0.2, 0) is 20.0 Å². The van der Waals surface area contributed by atoms with Gasteiger partial charge in [0.2, 0.25) is 5.91 Å². The van der Waals surface area contributed by atoms with Crippen molar-refractivity contribution in [1.29, 1.82) is 0 Å². The number of rotatable bonds is 4. The van der Waals surface area contributed by atoms with Gasteiger partial charge in [-0.25, -0.2) is 8.42 Å². The number of sulfone groups is 1. The number of amides is 1. The molecule has 0 spiro atoms. The van der Waals surface area contributed by atoms with Crippen molar-refractivity contribution in [3.05, 3.63) is 29.8 Å². The molecule has 1 aliphatic rings. The SMILES string of the molecule is CS(=O)(=O)c1ccc(C2(C(=O)NCC(F)(F)F)CCCCC2)cc1. The Bertz CT molecular complexity index is 690. The third kappa shape index (κ3) is 4.28. The van der Waals surface area contributed by atoms with Crippen LogP contribution in [-0.4, -0.2) is 33.3 Å². The van der Waals surface area contributed by atoms with E-state index in [2.05, 4.69) is 0 Å². The summed E-state index contributed by atoms with van der Waals surface area (Å²) in [7, 11) is -3.37. The van der Waals surface area contributed by atoms with Crippen molar-refractivity contribution in [3.8, 4) is 0 Å². The predicted octanol–water partition coefficient (Wildman–Crippen LogP) is 2.97. The zero-order chi connectivity index (χ0) is 18.0. The molecule has 1 saturated carbocycles. The summed E-state index contributed by atoms with van der Waals surface area (Å²) in [4.78, 5) is 12.6. The summed E-state index contributed by atoms with van der Waals surface area (Å²) >= 11 is 0. The molecule has 0 aromatic heterocycles. The summed E-state index contributed by atoms with van der Waals surface area (Å²) in [6.45, 7) is -1.37. The molecule has 0 radical (unpaired) electrons. The van der Waals surface area contributed by atoms with E-state index in [4.69, 9.17) is 0 Å². The summed E-state index contributed by atoms with van der Waals surface area (Å²) in [6, 6.07) is 5.87. The van der Waals surface area contributed by atoms with Crippen molar-refractivity contribution in [2.75, 3.05) is 12.8 Å². The normalized spacial score (nSPS) is 18.2. The summed E-state index contributed by atoms with van der Waals surface area (Å²) in [5.41, 5.74) is -0.464. The van der Waals surface area contributed by atoms with Gasteiger partial charge in [0.15, 0.2) is 9.84 Å². The lowest BCUT2D eigenvalue weighted by Gasteiger charge is -2.36. The molecule has 1 aromatic carbocycles. The van der Waals surface area contributed by atoms with Crippen molar-refractivity contribution in [2.24, 2.45) is 0 Å². The Morgan fingerprint density at radius 3 is 2.12 bits per heavy atom. The van der Waals surface area contributed by atoms with Gasteiger partial charge in [-0.3, -0.25) is 4.79 Å². The smallest absolute Gasteiger partial charge is 0.346 e. The third-order valence-electron chi connectivity index (χ3n) is 4.43. The van der Waals surface area contributed by atoms with Crippen molar-refractivity contribution in [3.63, 3.8) is 0 Å². The molecule has 1 N–H and O–H groups in total. The van der Waals surface area contributed by atoms with Crippen LogP contribution in [0.4, 0.5) is 13.2 Å². The van der Waals surface area contributed by atoms with Crippen LogP contribution < -0.4 is 5.32 Å². The van der Waals surface area contributed by atoms with Gasteiger partial charge in [-0.05, 0) is 30.5 Å². The molecule has 2 rings (SSSR count). The molecule has 0 heterocycles. The highest BCUT2D eigenvalue weighted by Gasteiger charge is 2.42. The van der Waals surface area contributed by atoms with Crippen LogP contribution in [0.2, 0.25) is 0 Å². The number of carbonyl (C=O) groups is 1. The maximum atomic E-state index is 12.5. The summed E-state index contributed by atoms with van der Waals surface area (Å²) in [6.07, 6.45) is -0.0693. The van der Waals surface area contributed by atoms with Crippen LogP contribution in [0.3, 0.4) is 0 Å². The molecule has 8 heteroatoms. The number of nitrogens with one attached hydrogen (secondary N) is 1. The predicted molar refractivity (Wildman–Crippen MR) is 83.4 cm³/mol. The first-order chi connectivity index (χ1) is 11.0. The molecule has 4 nitrogen and oxygen atoms in total. The molecular formula is C16H20F3NO3S. The summed E-state index contributed by atoms with van der Waals surface area (Å²) < 4.78 is 60.3. The molecule has 134 valence electrons. The summed E-state index contributed by atoms with van der Waals surface area (Å²) in [5.74, 6) is -0.647. The van der Waals surface area contributed by atoms with E-state index in [0.29, 0.717) is 18.4 Å². The highest BCUT2D eigenvalue weighted by molar-refractivity contribution is 7.90. The van der Waals surface area contributed by atoms with Crippen molar-refractivity contribution >= 4 is 15.7 Å². The molecule has 0 bridgehead atoms. The van der Waals surface area contributed by atoms with Crippen molar-refractivity contribution in [1.82, 2.24) is 5.32 Å². The largest absolute Gasteiger partial charge is 0.405 e. The fourth-order valence-electron chi connectivity index (χ4n) is 3.17. The average molecular weight is 363 g/mol. The molecule has 0 atom stereocenters. The van der Waals surface area contributed by atoms with E-state index in [1.54, 1.807) is 0 Å². The second kappa shape index (κ2) is 6.74. The second-order valence-electron chi connectivity index (χ2n) is 6.24. The van der Waals surface area contributed by atoms with Gasteiger partial charge in [-0.1, -0.05) is 31.4 Å². The minimum absolute atomic E-state index is 0.118. The van der Waals surface area contributed by atoms with Crippen LogP contribution in [0.15, 0.2) is 29.2 Å². The average Bonchev–Trinajstić information content (AvgIpc) is 2.52. The Hall–Kier alpha value is -1.57. The highest BCUT2D eigenvalue weighted by Crippen LogP contribution is 2.40.